The number of aryl methyl sites for hydroxylation is 1. The number of hydrogen-bond acceptors (Lipinski definition) is 9. The van der Waals surface area contributed by atoms with Crippen molar-refractivity contribution in [2.24, 2.45) is 18.9 Å². The van der Waals surface area contributed by atoms with E-state index in [2.05, 4.69) is 5.10 Å². The van der Waals surface area contributed by atoms with Crippen molar-refractivity contribution in [3.8, 4) is 17.0 Å². The monoisotopic (exact) mass is 570 g/mol. The summed E-state index contributed by atoms with van der Waals surface area (Å²) >= 11 is 0. The van der Waals surface area contributed by atoms with Gasteiger partial charge in [-0.05, 0) is 70.4 Å². The van der Waals surface area contributed by atoms with Crippen molar-refractivity contribution in [2.75, 3.05) is 13.7 Å². The first kappa shape index (κ1) is 30.3. The van der Waals surface area contributed by atoms with Gasteiger partial charge in [-0.15, -0.1) is 0 Å². The van der Waals surface area contributed by atoms with Gasteiger partial charge in [0.1, 0.15) is 24.7 Å². The van der Waals surface area contributed by atoms with E-state index < -0.39 is 5.97 Å². The van der Waals surface area contributed by atoms with Crippen LogP contribution < -0.4 is 4.74 Å². The Morgan fingerprint density at radius 3 is 2.51 bits per heavy atom. The summed E-state index contributed by atoms with van der Waals surface area (Å²) in [4.78, 5) is 43.0. The average molecular weight is 571 g/mol. The maximum Gasteiger partial charge on any atom is 0.410 e. The lowest BCUT2D eigenvalue weighted by Gasteiger charge is -2.33. The molecule has 2 atom stereocenters. The molecule has 224 valence electrons. The molecule has 0 radical (unpaired) electrons. The second kappa shape index (κ2) is 13.8. The minimum Gasteiger partial charge on any atom is -0.491 e. The number of nitrogens with zero attached hydrogens (tertiary/aromatic N) is 4. The maximum atomic E-state index is 12.6. The van der Waals surface area contributed by atoms with Crippen molar-refractivity contribution in [3.05, 3.63) is 29.7 Å². The van der Waals surface area contributed by atoms with Crippen molar-refractivity contribution in [1.29, 1.82) is 0 Å². The van der Waals surface area contributed by atoms with E-state index in [1.165, 1.54) is 6.92 Å². The molecule has 0 bridgehead atoms. The van der Waals surface area contributed by atoms with Gasteiger partial charge in [0.25, 0.3) is 0 Å². The molecule has 11 nitrogen and oxygen atoms in total. The van der Waals surface area contributed by atoms with Gasteiger partial charge in [0.15, 0.2) is 0 Å². The van der Waals surface area contributed by atoms with Crippen LogP contribution in [0.3, 0.4) is 0 Å². The van der Waals surface area contributed by atoms with Crippen LogP contribution in [0.15, 0.2) is 18.3 Å². The molecular formula is C30H42N4O7. The predicted octanol–water partition coefficient (Wildman–Crippen LogP) is 4.80. The highest BCUT2D eigenvalue weighted by Crippen LogP contribution is 2.32. The van der Waals surface area contributed by atoms with Gasteiger partial charge in [0.2, 0.25) is 0 Å². The molecule has 1 amide bonds. The van der Waals surface area contributed by atoms with Crippen molar-refractivity contribution in [1.82, 2.24) is 19.7 Å². The third-order valence-electron chi connectivity index (χ3n) is 7.87. The molecule has 0 aromatic carbocycles. The lowest BCUT2D eigenvalue weighted by Crippen LogP contribution is -2.41. The number of carbonyl (C=O) groups is 3. The first-order valence-corrected chi connectivity index (χ1v) is 14.5. The van der Waals surface area contributed by atoms with Crippen LogP contribution in [0.4, 0.5) is 4.79 Å². The van der Waals surface area contributed by atoms with Gasteiger partial charge >= 0.3 is 18.0 Å². The quantitative estimate of drug-likeness (QED) is 0.277. The Hall–Kier alpha value is -3.63. The Morgan fingerprint density at radius 1 is 1.07 bits per heavy atom. The summed E-state index contributed by atoms with van der Waals surface area (Å²) in [6, 6.07) is 3.86. The van der Waals surface area contributed by atoms with E-state index >= 15 is 0 Å². The number of ether oxygens (including phenoxy) is 4. The highest BCUT2D eigenvalue weighted by molar-refractivity contribution is 5.72. The molecule has 1 unspecified atom stereocenters. The van der Waals surface area contributed by atoms with E-state index in [4.69, 9.17) is 23.9 Å². The second-order valence-electron chi connectivity index (χ2n) is 11.3. The van der Waals surface area contributed by atoms with Crippen LogP contribution >= 0.6 is 0 Å². The topological polar surface area (TPSA) is 122 Å². The Bertz CT molecular complexity index is 1220. The van der Waals surface area contributed by atoms with E-state index in [1.54, 1.807) is 29.9 Å². The second-order valence-corrected chi connectivity index (χ2v) is 11.3. The molecule has 2 aliphatic carbocycles. The van der Waals surface area contributed by atoms with Crippen molar-refractivity contribution >= 4 is 18.0 Å². The predicted molar refractivity (Wildman–Crippen MR) is 150 cm³/mol. The summed E-state index contributed by atoms with van der Waals surface area (Å²) in [7, 11) is 3.55. The van der Waals surface area contributed by atoms with Crippen LogP contribution in [-0.2, 0) is 44.1 Å². The molecule has 2 saturated carbocycles. The van der Waals surface area contributed by atoms with Gasteiger partial charge in [0.05, 0.1) is 36.2 Å². The van der Waals surface area contributed by atoms with Gasteiger partial charge in [-0.3, -0.25) is 14.3 Å². The minimum atomic E-state index is -0.425. The van der Waals surface area contributed by atoms with Crippen LogP contribution in [0, 0.1) is 11.8 Å². The normalized spacial score (nSPS) is 18.9. The summed E-state index contributed by atoms with van der Waals surface area (Å²) in [5.41, 5.74) is 2.48. The number of aromatic nitrogens is 3. The molecule has 0 N–H and O–H groups in total. The Morgan fingerprint density at radius 2 is 1.83 bits per heavy atom. The van der Waals surface area contributed by atoms with Gasteiger partial charge < -0.3 is 23.8 Å². The SMILES string of the molecule is CC(=O)OCc1nc(-c2cnn(C)c2COC(=O)N(C)C2CCC2)ccc1OCC1CCC[C@@H](C(=O)OC(C)C)C1. The molecule has 0 aliphatic heterocycles. The lowest BCUT2D eigenvalue weighted by molar-refractivity contribution is -0.154. The van der Waals surface area contributed by atoms with Crippen molar-refractivity contribution in [3.63, 3.8) is 0 Å². The van der Waals surface area contributed by atoms with Crippen LogP contribution in [0.1, 0.15) is 77.1 Å². The Kier molecular flexibility index (Phi) is 10.2. The van der Waals surface area contributed by atoms with Crippen LogP contribution in [0.5, 0.6) is 5.75 Å². The lowest BCUT2D eigenvalue weighted by atomic mass is 9.82. The summed E-state index contributed by atoms with van der Waals surface area (Å²) in [5, 5.41) is 4.36. The number of esters is 2. The summed E-state index contributed by atoms with van der Waals surface area (Å²) < 4.78 is 24.2. The van der Waals surface area contributed by atoms with E-state index in [-0.39, 0.29) is 49.3 Å². The summed E-state index contributed by atoms with van der Waals surface area (Å²) in [6.45, 7) is 5.47. The first-order valence-electron chi connectivity index (χ1n) is 14.5. The molecule has 41 heavy (non-hydrogen) atoms. The number of carbonyl (C=O) groups excluding carboxylic acids is 3. The van der Waals surface area contributed by atoms with Gasteiger partial charge in [-0.1, -0.05) is 6.42 Å². The van der Waals surface area contributed by atoms with E-state index in [1.807, 2.05) is 26.0 Å². The molecule has 0 saturated heterocycles. The Balaban J connectivity index is 1.45. The number of pyridine rings is 1. The number of hydrogen-bond donors (Lipinski definition) is 0. The zero-order valence-electron chi connectivity index (χ0n) is 24.8. The van der Waals surface area contributed by atoms with Crippen LogP contribution in [0.25, 0.3) is 11.3 Å². The molecule has 2 fully saturated rings. The molecule has 4 rings (SSSR count). The highest BCUT2D eigenvalue weighted by atomic mass is 16.6. The summed E-state index contributed by atoms with van der Waals surface area (Å²) in [6.07, 6.45) is 7.75. The van der Waals surface area contributed by atoms with Crippen molar-refractivity contribution in [2.45, 2.75) is 91.1 Å². The fourth-order valence-electron chi connectivity index (χ4n) is 5.24. The third kappa shape index (κ3) is 7.98. The van der Waals surface area contributed by atoms with E-state index in [0.29, 0.717) is 41.4 Å². The fraction of sp³-hybridized carbons (Fsp3) is 0.633. The van der Waals surface area contributed by atoms with E-state index in [0.717, 1.165) is 38.5 Å². The molecule has 2 aliphatic rings. The average Bonchev–Trinajstić information content (AvgIpc) is 3.28. The maximum absolute atomic E-state index is 12.6. The third-order valence-corrected chi connectivity index (χ3v) is 7.87. The number of amides is 1. The zero-order chi connectivity index (χ0) is 29.5. The Labute approximate surface area is 241 Å². The largest absolute Gasteiger partial charge is 0.491 e. The highest BCUT2D eigenvalue weighted by Gasteiger charge is 2.30. The van der Waals surface area contributed by atoms with E-state index in [9.17, 15) is 14.4 Å². The molecule has 11 heteroatoms. The van der Waals surface area contributed by atoms with Crippen molar-refractivity contribution < 1.29 is 33.3 Å². The minimum absolute atomic E-state index is 0.0447. The van der Waals surface area contributed by atoms with Crippen LogP contribution in [0.2, 0.25) is 0 Å². The van der Waals surface area contributed by atoms with Gasteiger partial charge in [-0.25, -0.2) is 9.78 Å². The molecular weight excluding hydrogens is 528 g/mol. The molecule has 2 aromatic rings. The van der Waals surface area contributed by atoms with Gasteiger partial charge in [0, 0.05) is 32.6 Å². The van der Waals surface area contributed by atoms with Crippen LogP contribution in [-0.4, -0.2) is 63.5 Å². The smallest absolute Gasteiger partial charge is 0.410 e. The standard InChI is InChI=1S/C30H42N4O7/c1-19(2)41-29(36)22-9-6-8-21(14-22)16-39-28-13-12-25(32-26(28)17-38-20(3)35)24-15-31-34(5)27(24)18-40-30(37)33(4)23-10-7-11-23/h12-13,15,19,21-23H,6-11,14,16-18H2,1-5H3/t21?,22-/m1/s1. The molecule has 0 spiro atoms. The summed E-state index contributed by atoms with van der Waals surface area (Å²) in [5.74, 6) is 0.0334. The molecule has 2 aromatic heterocycles. The van der Waals surface area contributed by atoms with Gasteiger partial charge in [-0.2, -0.15) is 5.10 Å². The fourth-order valence-corrected chi connectivity index (χ4v) is 5.24. The first-order chi connectivity index (χ1) is 19.6. The zero-order valence-corrected chi connectivity index (χ0v) is 24.8. The number of rotatable bonds is 11. The molecule has 2 heterocycles.